The Hall–Kier alpha value is -2.36. The van der Waals surface area contributed by atoms with Gasteiger partial charge in [-0.1, -0.05) is 32.9 Å². The molecule has 0 aromatic carbocycles. The van der Waals surface area contributed by atoms with Crippen LogP contribution >= 0.6 is 0 Å². The van der Waals surface area contributed by atoms with Crippen LogP contribution in [0.2, 0.25) is 0 Å². The van der Waals surface area contributed by atoms with Gasteiger partial charge in [-0.25, -0.2) is 5.53 Å². The van der Waals surface area contributed by atoms with Crippen molar-refractivity contribution < 1.29 is 9.59 Å². The standard InChI is InChI=1S/C19H34N8O2/c1-18(2,12-16-20-24-25-21-16)10-8-14(28)6-7-15(29)9-11-19(3,4)13-17-22-26-27(5)23-17/h26H,6-13H2,1-5H3,(H,22,23)(H,20,21,24,25). The van der Waals surface area contributed by atoms with Crippen molar-refractivity contribution in [2.24, 2.45) is 15.9 Å². The summed E-state index contributed by atoms with van der Waals surface area (Å²) in [4.78, 5) is 24.5. The van der Waals surface area contributed by atoms with Crippen LogP contribution in [0.1, 0.15) is 78.5 Å². The Balaban J connectivity index is 1.63. The second kappa shape index (κ2) is 9.91. The number of hydrogen-bond acceptors (Lipinski definition) is 9. The molecule has 0 amide bonds. The van der Waals surface area contributed by atoms with E-state index in [1.54, 1.807) is 5.12 Å². The monoisotopic (exact) mass is 406 g/mol. The summed E-state index contributed by atoms with van der Waals surface area (Å²) in [7, 11) is 1.84. The number of H-pyrrole nitrogens is 1. The predicted molar refractivity (Wildman–Crippen MR) is 109 cm³/mol. The second-order valence-electron chi connectivity index (χ2n) is 9.42. The van der Waals surface area contributed by atoms with Crippen LogP contribution in [0.15, 0.2) is 5.10 Å². The Morgan fingerprint density at radius 2 is 1.52 bits per heavy atom. The molecule has 10 nitrogen and oxygen atoms in total. The molecule has 0 atom stereocenters. The second-order valence-corrected chi connectivity index (χ2v) is 9.42. The molecule has 0 bridgehead atoms. The lowest BCUT2D eigenvalue weighted by molar-refractivity contribution is -0.124. The maximum absolute atomic E-state index is 12.3. The number of nitrogens with one attached hydrogen (secondary N) is 3. The first-order chi connectivity index (χ1) is 13.5. The number of hydrazone groups is 1. The number of tetrazole rings is 1. The fraction of sp³-hybridized carbons (Fsp3) is 0.789. The number of aromatic amines is 1. The first kappa shape index (κ1) is 22.9. The van der Waals surface area contributed by atoms with Crippen molar-refractivity contribution in [1.29, 1.82) is 0 Å². The molecule has 0 spiro atoms. The highest BCUT2D eigenvalue weighted by molar-refractivity contribution is 5.86. The van der Waals surface area contributed by atoms with Crippen molar-refractivity contribution in [2.75, 3.05) is 7.05 Å². The summed E-state index contributed by atoms with van der Waals surface area (Å²) in [5, 5.41) is 19.8. The number of carbonyl (C=O) groups excluding carboxylic acids is 2. The van der Waals surface area contributed by atoms with Gasteiger partial charge < -0.3 is 0 Å². The van der Waals surface area contributed by atoms with E-state index in [1.165, 1.54) is 0 Å². The Morgan fingerprint density at radius 3 is 2.00 bits per heavy atom. The molecule has 10 heteroatoms. The Bertz CT molecular complexity index is 712. The minimum absolute atomic E-state index is 0.0441. The van der Waals surface area contributed by atoms with Gasteiger partial charge in [0.1, 0.15) is 17.4 Å². The normalized spacial score (nSPS) is 15.0. The number of hydrogen-bond donors (Lipinski definition) is 3. The number of aromatic nitrogens is 4. The van der Waals surface area contributed by atoms with Gasteiger partial charge in [0.2, 0.25) is 0 Å². The summed E-state index contributed by atoms with van der Waals surface area (Å²) in [6, 6.07) is 0. The van der Waals surface area contributed by atoms with E-state index >= 15 is 0 Å². The molecule has 1 aliphatic rings. The van der Waals surface area contributed by atoms with E-state index in [2.05, 4.69) is 64.4 Å². The van der Waals surface area contributed by atoms with Crippen molar-refractivity contribution in [3.05, 3.63) is 5.82 Å². The van der Waals surface area contributed by atoms with Gasteiger partial charge in [-0.15, -0.1) is 20.4 Å². The Kier molecular flexibility index (Phi) is 7.83. The third-order valence-corrected chi connectivity index (χ3v) is 5.15. The molecule has 1 aromatic heterocycles. The first-order valence-electron chi connectivity index (χ1n) is 10.1. The van der Waals surface area contributed by atoms with E-state index in [4.69, 9.17) is 0 Å². The molecule has 0 unspecified atom stereocenters. The van der Waals surface area contributed by atoms with Crippen LogP contribution in [0, 0.1) is 10.8 Å². The molecule has 0 aliphatic carbocycles. The fourth-order valence-electron chi connectivity index (χ4n) is 3.26. The summed E-state index contributed by atoms with van der Waals surface area (Å²) in [5.41, 5.74) is 5.79. The Morgan fingerprint density at radius 1 is 0.931 bits per heavy atom. The Labute approximate surface area is 172 Å². The largest absolute Gasteiger partial charge is 0.300 e. The molecule has 0 radical (unpaired) electrons. The average Bonchev–Trinajstić information content (AvgIpc) is 3.27. The first-order valence-corrected chi connectivity index (χ1v) is 10.1. The van der Waals surface area contributed by atoms with Crippen LogP contribution < -0.4 is 11.0 Å². The minimum Gasteiger partial charge on any atom is -0.300 e. The van der Waals surface area contributed by atoms with Gasteiger partial charge >= 0.3 is 0 Å². The van der Waals surface area contributed by atoms with Crippen LogP contribution in [0.25, 0.3) is 0 Å². The SMILES string of the molecule is CN1NN=C(CC(C)(C)CCC(=O)CCC(=O)CCC(C)(C)Cc2nn[nH]n2)N1. The van der Waals surface area contributed by atoms with Crippen molar-refractivity contribution >= 4 is 17.4 Å². The van der Waals surface area contributed by atoms with E-state index in [0.717, 1.165) is 25.1 Å². The number of Topliss-reactive ketones (excluding diaryl/α,β-unsaturated/α-hetero) is 2. The van der Waals surface area contributed by atoms with E-state index in [1.807, 2.05) is 7.05 Å². The molecule has 0 saturated carbocycles. The molecular weight excluding hydrogens is 372 g/mol. The van der Waals surface area contributed by atoms with E-state index < -0.39 is 0 Å². The minimum atomic E-state index is -0.0898. The number of amidine groups is 1. The maximum Gasteiger partial charge on any atom is 0.175 e. The lowest BCUT2D eigenvalue weighted by Crippen LogP contribution is -2.38. The van der Waals surface area contributed by atoms with E-state index in [-0.39, 0.29) is 22.4 Å². The molecular formula is C19H34N8O2. The number of nitrogens with zero attached hydrogens (tertiary/aromatic N) is 5. The molecule has 2 heterocycles. The zero-order valence-electron chi connectivity index (χ0n) is 18.2. The zero-order valence-corrected chi connectivity index (χ0v) is 18.2. The number of ketones is 2. The van der Waals surface area contributed by atoms with Gasteiger partial charge in [0.25, 0.3) is 0 Å². The molecule has 1 aliphatic heterocycles. The molecule has 0 fully saturated rings. The van der Waals surface area contributed by atoms with Gasteiger partial charge in [-0.05, 0) is 23.7 Å². The van der Waals surface area contributed by atoms with Gasteiger partial charge in [-0.3, -0.25) is 15.0 Å². The highest BCUT2D eigenvalue weighted by atomic mass is 16.1. The van der Waals surface area contributed by atoms with Crippen LogP contribution in [-0.2, 0) is 16.0 Å². The smallest absolute Gasteiger partial charge is 0.175 e. The third-order valence-electron chi connectivity index (χ3n) is 5.15. The van der Waals surface area contributed by atoms with Crippen molar-refractivity contribution in [2.45, 2.75) is 79.1 Å². The van der Waals surface area contributed by atoms with Gasteiger partial charge in [0.15, 0.2) is 5.82 Å². The van der Waals surface area contributed by atoms with Crippen LogP contribution in [0.4, 0.5) is 0 Å². The van der Waals surface area contributed by atoms with Crippen LogP contribution in [0.5, 0.6) is 0 Å². The van der Waals surface area contributed by atoms with Crippen molar-refractivity contribution in [3.63, 3.8) is 0 Å². The quantitative estimate of drug-likeness (QED) is 0.453. The van der Waals surface area contributed by atoms with Crippen LogP contribution in [0.3, 0.4) is 0 Å². The van der Waals surface area contributed by atoms with Gasteiger partial charge in [0, 0.05) is 45.6 Å². The topological polar surface area (TPSA) is 128 Å². The number of hydrazine groups is 2. The lowest BCUT2D eigenvalue weighted by Gasteiger charge is -2.24. The highest BCUT2D eigenvalue weighted by Crippen LogP contribution is 2.28. The molecule has 162 valence electrons. The third kappa shape index (κ3) is 8.68. The number of carbonyl (C=O) groups is 2. The molecule has 3 N–H and O–H groups in total. The van der Waals surface area contributed by atoms with Crippen molar-refractivity contribution in [1.82, 2.24) is 36.7 Å². The van der Waals surface area contributed by atoms with Gasteiger partial charge in [-0.2, -0.15) is 5.21 Å². The summed E-state index contributed by atoms with van der Waals surface area (Å²) in [5.74, 6) is 1.80. The molecule has 29 heavy (non-hydrogen) atoms. The lowest BCUT2D eigenvalue weighted by atomic mass is 9.82. The number of rotatable bonds is 13. The summed E-state index contributed by atoms with van der Waals surface area (Å²) in [6.07, 6.45) is 4.52. The zero-order chi connectivity index (χ0) is 21.5. The summed E-state index contributed by atoms with van der Waals surface area (Å²) >= 11 is 0. The average molecular weight is 407 g/mol. The molecule has 1 aromatic rings. The maximum atomic E-state index is 12.3. The molecule has 0 saturated heterocycles. The summed E-state index contributed by atoms with van der Waals surface area (Å²) < 4.78 is 0. The predicted octanol–water partition coefficient (Wildman–Crippen LogP) is 1.93. The van der Waals surface area contributed by atoms with E-state index in [9.17, 15) is 9.59 Å². The van der Waals surface area contributed by atoms with Crippen molar-refractivity contribution in [3.8, 4) is 0 Å². The van der Waals surface area contributed by atoms with Gasteiger partial charge in [0.05, 0.1) is 0 Å². The summed E-state index contributed by atoms with van der Waals surface area (Å²) in [6.45, 7) is 8.42. The highest BCUT2D eigenvalue weighted by Gasteiger charge is 2.25. The fourth-order valence-corrected chi connectivity index (χ4v) is 3.26. The van der Waals surface area contributed by atoms with E-state index in [0.29, 0.717) is 37.9 Å². The van der Waals surface area contributed by atoms with Crippen LogP contribution in [-0.4, -0.2) is 50.2 Å². The molecule has 2 rings (SSSR count).